The lowest BCUT2D eigenvalue weighted by molar-refractivity contribution is -0.116. The van der Waals surface area contributed by atoms with Gasteiger partial charge in [-0.2, -0.15) is 10.4 Å². The maximum Gasteiger partial charge on any atom is 0.246 e. The SMILES string of the molecule is N#Cc1ccc(NC(=O)Cn2ncc3ccccc32)cc1. The van der Waals surface area contributed by atoms with Gasteiger partial charge in [-0.25, -0.2) is 0 Å². The summed E-state index contributed by atoms with van der Waals surface area (Å²) in [6, 6.07) is 16.5. The van der Waals surface area contributed by atoms with Crippen molar-refractivity contribution in [3.8, 4) is 6.07 Å². The summed E-state index contributed by atoms with van der Waals surface area (Å²) in [5.74, 6) is -0.159. The minimum absolute atomic E-state index is 0.146. The Balaban J connectivity index is 1.73. The highest BCUT2D eigenvalue weighted by molar-refractivity contribution is 5.91. The lowest BCUT2D eigenvalue weighted by Crippen LogP contribution is -2.19. The highest BCUT2D eigenvalue weighted by Gasteiger charge is 2.07. The molecule has 0 aliphatic carbocycles. The minimum Gasteiger partial charge on any atom is -0.324 e. The van der Waals surface area contributed by atoms with Crippen molar-refractivity contribution >= 4 is 22.5 Å². The average molecular weight is 276 g/mol. The Bertz CT molecular complexity index is 827. The molecule has 0 aliphatic heterocycles. The molecule has 0 radical (unpaired) electrons. The van der Waals surface area contributed by atoms with Crippen LogP contribution in [0.2, 0.25) is 0 Å². The van der Waals surface area contributed by atoms with Gasteiger partial charge in [0, 0.05) is 11.1 Å². The van der Waals surface area contributed by atoms with E-state index in [2.05, 4.69) is 10.4 Å². The van der Waals surface area contributed by atoms with Crippen molar-refractivity contribution in [2.45, 2.75) is 6.54 Å². The van der Waals surface area contributed by atoms with Gasteiger partial charge in [-0.1, -0.05) is 18.2 Å². The molecule has 3 rings (SSSR count). The van der Waals surface area contributed by atoms with Crippen LogP contribution in [0.3, 0.4) is 0 Å². The van der Waals surface area contributed by atoms with Gasteiger partial charge >= 0.3 is 0 Å². The molecule has 3 aromatic rings. The Hall–Kier alpha value is -3.13. The van der Waals surface area contributed by atoms with Crippen molar-refractivity contribution in [1.82, 2.24) is 9.78 Å². The highest BCUT2D eigenvalue weighted by atomic mass is 16.2. The first-order valence-corrected chi connectivity index (χ1v) is 6.47. The van der Waals surface area contributed by atoms with Crippen LogP contribution in [0.25, 0.3) is 10.9 Å². The summed E-state index contributed by atoms with van der Waals surface area (Å²) in [6.45, 7) is 0.146. The van der Waals surface area contributed by atoms with Crippen molar-refractivity contribution in [3.63, 3.8) is 0 Å². The first kappa shape index (κ1) is 12.9. The van der Waals surface area contributed by atoms with Crippen molar-refractivity contribution < 1.29 is 4.79 Å². The normalized spacial score (nSPS) is 10.2. The second-order valence-electron chi connectivity index (χ2n) is 4.60. The molecule has 5 nitrogen and oxygen atoms in total. The van der Waals surface area contributed by atoms with E-state index in [0.717, 1.165) is 10.9 Å². The van der Waals surface area contributed by atoms with Gasteiger partial charge in [-0.3, -0.25) is 9.48 Å². The molecule has 21 heavy (non-hydrogen) atoms. The number of benzene rings is 2. The van der Waals surface area contributed by atoms with Crippen molar-refractivity contribution in [1.29, 1.82) is 5.26 Å². The van der Waals surface area contributed by atoms with E-state index < -0.39 is 0 Å². The van der Waals surface area contributed by atoms with Gasteiger partial charge in [0.2, 0.25) is 5.91 Å². The van der Waals surface area contributed by atoms with Gasteiger partial charge in [0.1, 0.15) is 6.54 Å². The van der Waals surface area contributed by atoms with Crippen LogP contribution < -0.4 is 5.32 Å². The van der Waals surface area contributed by atoms with Gasteiger partial charge in [0.15, 0.2) is 0 Å². The third-order valence-corrected chi connectivity index (χ3v) is 3.14. The topological polar surface area (TPSA) is 70.7 Å². The zero-order valence-corrected chi connectivity index (χ0v) is 11.2. The Kier molecular flexibility index (Phi) is 3.36. The molecule has 1 amide bonds. The van der Waals surface area contributed by atoms with E-state index in [9.17, 15) is 4.79 Å². The van der Waals surface area contributed by atoms with E-state index >= 15 is 0 Å². The number of hydrogen-bond donors (Lipinski definition) is 1. The highest BCUT2D eigenvalue weighted by Crippen LogP contribution is 2.13. The molecule has 0 spiro atoms. The predicted molar refractivity (Wildman–Crippen MR) is 79.5 cm³/mol. The maximum atomic E-state index is 12.0. The largest absolute Gasteiger partial charge is 0.324 e. The van der Waals surface area contributed by atoms with E-state index in [0.29, 0.717) is 11.3 Å². The van der Waals surface area contributed by atoms with Gasteiger partial charge < -0.3 is 5.32 Å². The molecular formula is C16H12N4O. The molecule has 102 valence electrons. The summed E-state index contributed by atoms with van der Waals surface area (Å²) in [5.41, 5.74) is 2.15. The number of fused-ring (bicyclic) bond motifs is 1. The van der Waals surface area contributed by atoms with E-state index in [1.807, 2.05) is 30.3 Å². The summed E-state index contributed by atoms with van der Waals surface area (Å²) in [6.07, 6.45) is 1.74. The third-order valence-electron chi connectivity index (χ3n) is 3.14. The van der Waals surface area contributed by atoms with E-state index in [-0.39, 0.29) is 12.5 Å². The number of anilines is 1. The Morgan fingerprint density at radius 3 is 2.71 bits per heavy atom. The number of aromatic nitrogens is 2. The molecule has 5 heteroatoms. The van der Waals surface area contributed by atoms with Crippen LogP contribution in [-0.4, -0.2) is 15.7 Å². The first-order chi connectivity index (χ1) is 10.3. The van der Waals surface area contributed by atoms with Crippen LogP contribution in [0.1, 0.15) is 5.56 Å². The molecule has 1 heterocycles. The Morgan fingerprint density at radius 1 is 1.19 bits per heavy atom. The van der Waals surface area contributed by atoms with E-state index in [4.69, 9.17) is 5.26 Å². The Morgan fingerprint density at radius 2 is 1.95 bits per heavy atom. The van der Waals surface area contributed by atoms with Gasteiger partial charge in [-0.05, 0) is 30.3 Å². The molecule has 0 fully saturated rings. The molecule has 2 aromatic carbocycles. The molecule has 1 aromatic heterocycles. The summed E-state index contributed by atoms with van der Waals surface area (Å²) in [4.78, 5) is 12.0. The van der Waals surface area contributed by atoms with Crippen LogP contribution in [0.5, 0.6) is 0 Å². The molecule has 1 N–H and O–H groups in total. The zero-order valence-electron chi connectivity index (χ0n) is 11.2. The standard InChI is InChI=1S/C16H12N4O/c17-9-12-5-7-14(8-6-12)19-16(21)11-20-15-4-2-1-3-13(15)10-18-20/h1-8,10H,11H2,(H,19,21). The first-order valence-electron chi connectivity index (χ1n) is 6.47. The van der Waals surface area contributed by atoms with Crippen LogP contribution in [-0.2, 0) is 11.3 Å². The second-order valence-corrected chi connectivity index (χ2v) is 4.60. The lowest BCUT2D eigenvalue weighted by Gasteiger charge is -2.06. The number of amides is 1. The van der Waals surface area contributed by atoms with Crippen molar-refractivity contribution in [2.75, 3.05) is 5.32 Å². The number of rotatable bonds is 3. The Labute approximate surface area is 121 Å². The van der Waals surface area contributed by atoms with Crippen molar-refractivity contribution in [3.05, 3.63) is 60.3 Å². The van der Waals surface area contributed by atoms with Crippen LogP contribution in [0.15, 0.2) is 54.7 Å². The van der Waals surface area contributed by atoms with Gasteiger partial charge in [0.25, 0.3) is 0 Å². The molecule has 0 bridgehead atoms. The molecule has 0 saturated heterocycles. The second kappa shape index (κ2) is 5.47. The average Bonchev–Trinajstić information content (AvgIpc) is 2.91. The maximum absolute atomic E-state index is 12.0. The minimum atomic E-state index is -0.159. The number of carbonyl (C=O) groups excluding carboxylic acids is 1. The summed E-state index contributed by atoms with van der Waals surface area (Å²) >= 11 is 0. The summed E-state index contributed by atoms with van der Waals surface area (Å²) in [7, 11) is 0. The van der Waals surface area contributed by atoms with Gasteiger partial charge in [0.05, 0.1) is 23.3 Å². The molecule has 0 saturated carbocycles. The number of nitriles is 1. The fourth-order valence-electron chi connectivity index (χ4n) is 2.12. The van der Waals surface area contributed by atoms with Crippen LogP contribution in [0, 0.1) is 11.3 Å². The monoisotopic (exact) mass is 276 g/mol. The van der Waals surface area contributed by atoms with Gasteiger partial charge in [-0.15, -0.1) is 0 Å². The summed E-state index contributed by atoms with van der Waals surface area (Å²) in [5, 5.41) is 16.7. The molecule has 0 aliphatic rings. The predicted octanol–water partition coefficient (Wildman–Crippen LogP) is 2.55. The molecule has 0 atom stereocenters. The zero-order chi connectivity index (χ0) is 14.7. The number of nitrogens with one attached hydrogen (secondary N) is 1. The quantitative estimate of drug-likeness (QED) is 0.799. The smallest absolute Gasteiger partial charge is 0.246 e. The lowest BCUT2D eigenvalue weighted by atomic mass is 10.2. The number of para-hydroxylation sites is 1. The number of carbonyl (C=O) groups is 1. The molecular weight excluding hydrogens is 264 g/mol. The number of hydrogen-bond acceptors (Lipinski definition) is 3. The van der Waals surface area contributed by atoms with E-state index in [1.165, 1.54) is 0 Å². The van der Waals surface area contributed by atoms with Crippen LogP contribution in [0.4, 0.5) is 5.69 Å². The third kappa shape index (κ3) is 2.74. The molecule has 0 unspecified atom stereocenters. The number of nitrogens with zero attached hydrogens (tertiary/aromatic N) is 3. The fraction of sp³-hybridized carbons (Fsp3) is 0.0625. The van der Waals surface area contributed by atoms with E-state index in [1.54, 1.807) is 35.1 Å². The van der Waals surface area contributed by atoms with Crippen LogP contribution >= 0.6 is 0 Å². The summed E-state index contributed by atoms with van der Waals surface area (Å²) < 4.78 is 1.66. The van der Waals surface area contributed by atoms with Crippen molar-refractivity contribution in [2.24, 2.45) is 0 Å². The fourth-order valence-corrected chi connectivity index (χ4v) is 2.12.